The summed E-state index contributed by atoms with van der Waals surface area (Å²) in [6, 6.07) is 1.38. The maximum atomic E-state index is 5.66. The maximum absolute atomic E-state index is 5.66. The first kappa shape index (κ1) is 16.2. The Morgan fingerprint density at radius 1 is 1.20 bits per heavy atom. The van der Waals surface area contributed by atoms with Crippen molar-refractivity contribution in [1.29, 1.82) is 0 Å². The van der Waals surface area contributed by atoms with E-state index in [1.165, 1.54) is 45.2 Å². The third-order valence-corrected chi connectivity index (χ3v) is 4.83. The van der Waals surface area contributed by atoms with Gasteiger partial charge in [-0.05, 0) is 45.8 Å². The van der Waals surface area contributed by atoms with Crippen molar-refractivity contribution in [2.24, 2.45) is 0 Å². The zero-order valence-corrected chi connectivity index (χ0v) is 13.4. The van der Waals surface area contributed by atoms with Crippen LogP contribution in [0.1, 0.15) is 39.0 Å². The molecule has 0 amide bonds. The molecule has 0 spiro atoms. The second-order valence-electron chi connectivity index (χ2n) is 6.39. The number of nitrogens with one attached hydrogen (secondary N) is 1. The first-order valence-corrected chi connectivity index (χ1v) is 8.54. The maximum Gasteiger partial charge on any atom is 0.0634 e. The van der Waals surface area contributed by atoms with Crippen molar-refractivity contribution in [3.05, 3.63) is 0 Å². The Hall–Kier alpha value is -0.160. The van der Waals surface area contributed by atoms with Crippen molar-refractivity contribution in [3.63, 3.8) is 0 Å². The van der Waals surface area contributed by atoms with Crippen molar-refractivity contribution < 1.29 is 4.74 Å². The molecule has 1 N–H and O–H groups in total. The van der Waals surface area contributed by atoms with Gasteiger partial charge >= 0.3 is 0 Å². The number of morpholine rings is 1. The van der Waals surface area contributed by atoms with E-state index in [2.05, 4.69) is 29.1 Å². The molecule has 2 aliphatic heterocycles. The van der Waals surface area contributed by atoms with Gasteiger partial charge in [0.05, 0.1) is 13.2 Å². The fourth-order valence-corrected chi connectivity index (χ4v) is 3.44. The highest BCUT2D eigenvalue weighted by atomic mass is 16.5. The van der Waals surface area contributed by atoms with Gasteiger partial charge in [0.15, 0.2) is 0 Å². The van der Waals surface area contributed by atoms with Crippen LogP contribution < -0.4 is 5.32 Å². The van der Waals surface area contributed by atoms with Crippen LogP contribution in [-0.2, 0) is 4.74 Å². The first-order chi connectivity index (χ1) is 9.81. The minimum atomic E-state index is 0.573. The molecule has 2 atom stereocenters. The standard InChI is InChI=1S/C16H33N3O/c1-3-8-17-13-16-14-20-12-11-19(16)10-7-15-6-4-5-9-18(15)2/h15-17H,3-14H2,1-2H3. The van der Waals surface area contributed by atoms with E-state index in [-0.39, 0.29) is 0 Å². The van der Waals surface area contributed by atoms with Gasteiger partial charge in [0.2, 0.25) is 0 Å². The van der Waals surface area contributed by atoms with Gasteiger partial charge in [0.1, 0.15) is 0 Å². The first-order valence-electron chi connectivity index (χ1n) is 8.54. The Bertz CT molecular complexity index is 262. The monoisotopic (exact) mass is 283 g/mol. The summed E-state index contributed by atoms with van der Waals surface area (Å²) < 4.78 is 5.66. The van der Waals surface area contributed by atoms with E-state index in [0.717, 1.165) is 38.9 Å². The zero-order valence-electron chi connectivity index (χ0n) is 13.4. The number of ether oxygens (including phenoxy) is 1. The van der Waals surface area contributed by atoms with Crippen molar-refractivity contribution in [3.8, 4) is 0 Å². The van der Waals surface area contributed by atoms with E-state index in [9.17, 15) is 0 Å². The predicted molar refractivity (Wildman–Crippen MR) is 84.2 cm³/mol. The topological polar surface area (TPSA) is 27.7 Å². The van der Waals surface area contributed by atoms with E-state index in [1.54, 1.807) is 0 Å². The van der Waals surface area contributed by atoms with Crippen LogP contribution in [0.25, 0.3) is 0 Å². The normalized spacial score (nSPS) is 29.7. The highest BCUT2D eigenvalue weighted by Gasteiger charge is 2.25. The fourth-order valence-electron chi connectivity index (χ4n) is 3.44. The van der Waals surface area contributed by atoms with Crippen LogP contribution in [-0.4, -0.2) is 74.9 Å². The number of hydrogen-bond acceptors (Lipinski definition) is 4. The molecule has 118 valence electrons. The molecule has 0 aromatic rings. The summed E-state index contributed by atoms with van der Waals surface area (Å²) in [7, 11) is 2.30. The molecule has 2 aliphatic rings. The van der Waals surface area contributed by atoms with Crippen molar-refractivity contribution in [1.82, 2.24) is 15.1 Å². The van der Waals surface area contributed by atoms with E-state index in [1.807, 2.05) is 0 Å². The summed E-state index contributed by atoms with van der Waals surface area (Å²) in [6.07, 6.45) is 6.72. The molecular formula is C16H33N3O. The lowest BCUT2D eigenvalue weighted by atomic mass is 9.99. The number of hydrogen-bond donors (Lipinski definition) is 1. The molecule has 20 heavy (non-hydrogen) atoms. The molecule has 2 fully saturated rings. The SMILES string of the molecule is CCCNCC1COCCN1CCC1CCCCN1C. The van der Waals surface area contributed by atoms with Crippen LogP contribution in [0, 0.1) is 0 Å². The Morgan fingerprint density at radius 3 is 2.90 bits per heavy atom. The number of piperidine rings is 1. The lowest BCUT2D eigenvalue weighted by Crippen LogP contribution is -2.51. The van der Waals surface area contributed by atoms with Crippen LogP contribution in [0.15, 0.2) is 0 Å². The minimum Gasteiger partial charge on any atom is -0.378 e. The molecule has 0 saturated carbocycles. The second-order valence-corrected chi connectivity index (χ2v) is 6.39. The summed E-state index contributed by atoms with van der Waals surface area (Å²) in [6.45, 7) is 9.86. The van der Waals surface area contributed by atoms with E-state index in [4.69, 9.17) is 4.74 Å². The van der Waals surface area contributed by atoms with Gasteiger partial charge in [-0.1, -0.05) is 13.3 Å². The number of nitrogens with zero attached hydrogens (tertiary/aromatic N) is 2. The van der Waals surface area contributed by atoms with Gasteiger partial charge in [0.25, 0.3) is 0 Å². The molecule has 0 bridgehead atoms. The highest BCUT2D eigenvalue weighted by molar-refractivity contribution is 4.81. The molecule has 0 aromatic heterocycles. The molecule has 0 radical (unpaired) electrons. The molecule has 0 aromatic carbocycles. The van der Waals surface area contributed by atoms with E-state index in [0.29, 0.717) is 6.04 Å². The van der Waals surface area contributed by atoms with Crippen molar-refractivity contribution in [2.75, 3.05) is 53.0 Å². The van der Waals surface area contributed by atoms with Crippen LogP contribution in [0.3, 0.4) is 0 Å². The molecule has 4 heteroatoms. The smallest absolute Gasteiger partial charge is 0.0634 e. The quantitative estimate of drug-likeness (QED) is 0.718. The lowest BCUT2D eigenvalue weighted by Gasteiger charge is -2.38. The molecule has 2 saturated heterocycles. The average Bonchev–Trinajstić information content (AvgIpc) is 2.48. The number of likely N-dealkylation sites (tertiary alicyclic amines) is 1. The molecule has 2 heterocycles. The largest absolute Gasteiger partial charge is 0.378 e. The summed E-state index contributed by atoms with van der Waals surface area (Å²) in [4.78, 5) is 5.21. The molecular weight excluding hydrogens is 250 g/mol. The summed E-state index contributed by atoms with van der Waals surface area (Å²) in [5.41, 5.74) is 0. The summed E-state index contributed by atoms with van der Waals surface area (Å²) >= 11 is 0. The second kappa shape index (κ2) is 8.98. The molecule has 0 aliphatic carbocycles. The molecule has 2 rings (SSSR count). The fraction of sp³-hybridized carbons (Fsp3) is 1.00. The lowest BCUT2D eigenvalue weighted by molar-refractivity contribution is -0.0109. The third-order valence-electron chi connectivity index (χ3n) is 4.83. The summed E-state index contributed by atoms with van der Waals surface area (Å²) in [5, 5.41) is 3.55. The summed E-state index contributed by atoms with van der Waals surface area (Å²) in [5.74, 6) is 0. The van der Waals surface area contributed by atoms with Crippen molar-refractivity contribution in [2.45, 2.75) is 51.1 Å². The van der Waals surface area contributed by atoms with Gasteiger partial charge in [-0.2, -0.15) is 0 Å². The third kappa shape index (κ3) is 4.99. The van der Waals surface area contributed by atoms with Gasteiger partial charge in [0, 0.05) is 31.7 Å². The van der Waals surface area contributed by atoms with E-state index < -0.39 is 0 Å². The predicted octanol–water partition coefficient (Wildman–Crippen LogP) is 1.56. The Balaban J connectivity index is 1.73. The van der Waals surface area contributed by atoms with Crippen LogP contribution in [0.5, 0.6) is 0 Å². The zero-order chi connectivity index (χ0) is 14.2. The van der Waals surface area contributed by atoms with E-state index >= 15 is 0 Å². The van der Waals surface area contributed by atoms with Crippen LogP contribution in [0.4, 0.5) is 0 Å². The Kier molecular flexibility index (Phi) is 7.28. The molecule has 2 unspecified atom stereocenters. The minimum absolute atomic E-state index is 0.573. The van der Waals surface area contributed by atoms with Crippen molar-refractivity contribution >= 4 is 0 Å². The molecule has 4 nitrogen and oxygen atoms in total. The van der Waals surface area contributed by atoms with Crippen LogP contribution in [0.2, 0.25) is 0 Å². The number of rotatable bonds is 7. The Labute approximate surface area is 124 Å². The van der Waals surface area contributed by atoms with Gasteiger partial charge in [-0.15, -0.1) is 0 Å². The highest BCUT2D eigenvalue weighted by Crippen LogP contribution is 2.19. The van der Waals surface area contributed by atoms with Gasteiger partial charge < -0.3 is 15.0 Å². The van der Waals surface area contributed by atoms with Crippen LogP contribution >= 0.6 is 0 Å². The average molecular weight is 283 g/mol. The van der Waals surface area contributed by atoms with Gasteiger partial charge in [-0.25, -0.2) is 0 Å². The Morgan fingerprint density at radius 2 is 2.10 bits per heavy atom. The van der Waals surface area contributed by atoms with Gasteiger partial charge in [-0.3, -0.25) is 4.90 Å².